The molecule has 0 spiro atoms. The van der Waals surface area contributed by atoms with Crippen molar-refractivity contribution in [1.29, 1.82) is 5.26 Å². The smallest absolute Gasteiger partial charge is 0.262 e. The van der Waals surface area contributed by atoms with Gasteiger partial charge < -0.3 is 20.7 Å². The minimum atomic E-state index is -0.556. The number of carbonyl (C=O) groups is 2. The van der Waals surface area contributed by atoms with E-state index in [0.29, 0.717) is 29.8 Å². The number of fused-ring (bicyclic) bond motifs is 3. The van der Waals surface area contributed by atoms with Crippen molar-refractivity contribution in [2.45, 2.75) is 43.8 Å². The summed E-state index contributed by atoms with van der Waals surface area (Å²) in [6.07, 6.45) is 3.77. The number of benzene rings is 2. The molecule has 1 aliphatic carbocycles. The van der Waals surface area contributed by atoms with E-state index in [2.05, 4.69) is 22.0 Å². The molecule has 1 saturated heterocycles. The second-order valence-corrected chi connectivity index (χ2v) is 8.55. The molecule has 2 heterocycles. The van der Waals surface area contributed by atoms with Crippen molar-refractivity contribution in [1.82, 2.24) is 10.6 Å². The number of hydrogen-bond acceptors (Lipinski definition) is 5. The second-order valence-electron chi connectivity index (χ2n) is 8.55. The lowest BCUT2D eigenvalue weighted by atomic mass is 9.98. The van der Waals surface area contributed by atoms with Crippen molar-refractivity contribution in [3.05, 3.63) is 48.0 Å². The van der Waals surface area contributed by atoms with Crippen LogP contribution in [0.15, 0.2) is 42.5 Å². The number of anilines is 1. The summed E-state index contributed by atoms with van der Waals surface area (Å²) in [6, 6.07) is 15.6. The maximum atomic E-state index is 12.6. The fourth-order valence-electron chi connectivity index (χ4n) is 4.86. The predicted molar refractivity (Wildman–Crippen MR) is 115 cm³/mol. The zero-order valence-electron chi connectivity index (χ0n) is 17.1. The first kappa shape index (κ1) is 19.6. The molecule has 3 N–H and O–H groups in total. The summed E-state index contributed by atoms with van der Waals surface area (Å²) in [4.78, 5) is 24.0. The molecular weight excluding hydrogens is 392 g/mol. The largest absolute Gasteiger partial charge is 0.482 e. The Bertz CT molecular complexity index is 1060. The number of ether oxygens (including phenoxy) is 1. The number of piperidine rings is 1. The highest BCUT2D eigenvalue weighted by atomic mass is 16.5. The molecule has 2 amide bonds. The van der Waals surface area contributed by atoms with Crippen molar-refractivity contribution in [2.24, 2.45) is 5.92 Å². The molecule has 2 aromatic carbocycles. The monoisotopic (exact) mass is 416 g/mol. The quantitative estimate of drug-likeness (QED) is 0.694. The van der Waals surface area contributed by atoms with Crippen LogP contribution in [0.25, 0.3) is 11.1 Å². The first-order chi connectivity index (χ1) is 15.1. The minimum Gasteiger partial charge on any atom is -0.482 e. The number of carbonyl (C=O) groups excluding carboxylic acids is 2. The summed E-state index contributed by atoms with van der Waals surface area (Å²) in [6.45, 7) is 0.0223. The van der Waals surface area contributed by atoms with E-state index in [9.17, 15) is 14.9 Å². The van der Waals surface area contributed by atoms with Gasteiger partial charge in [0.1, 0.15) is 11.8 Å². The van der Waals surface area contributed by atoms with E-state index in [-0.39, 0.29) is 24.5 Å². The normalized spacial score (nSPS) is 24.5. The number of amides is 2. The summed E-state index contributed by atoms with van der Waals surface area (Å²) in [5.41, 5.74) is 3.65. The minimum absolute atomic E-state index is 0.0223. The molecule has 2 aromatic rings. The highest BCUT2D eigenvalue weighted by Gasteiger charge is 2.43. The SMILES string of the molecule is N#CC(Cc1ccc(-c2ccc3c(c2)OCC(=O)N3)cc1)NC(=O)C1NC2CCC1C2. The first-order valence-corrected chi connectivity index (χ1v) is 10.7. The van der Waals surface area contributed by atoms with Crippen molar-refractivity contribution < 1.29 is 14.3 Å². The van der Waals surface area contributed by atoms with Crippen LogP contribution in [0.2, 0.25) is 0 Å². The maximum absolute atomic E-state index is 12.6. The third kappa shape index (κ3) is 3.99. The molecule has 0 aromatic heterocycles. The Kier molecular flexibility index (Phi) is 5.08. The van der Waals surface area contributed by atoms with Crippen molar-refractivity contribution in [3.8, 4) is 22.9 Å². The Morgan fingerprint density at radius 1 is 1.19 bits per heavy atom. The average molecular weight is 416 g/mol. The van der Waals surface area contributed by atoms with Gasteiger partial charge in [-0.3, -0.25) is 9.59 Å². The molecule has 4 unspecified atom stereocenters. The van der Waals surface area contributed by atoms with Gasteiger partial charge in [-0.15, -0.1) is 0 Å². The van der Waals surface area contributed by atoms with Crippen molar-refractivity contribution in [3.63, 3.8) is 0 Å². The van der Waals surface area contributed by atoms with Gasteiger partial charge in [0.15, 0.2) is 6.61 Å². The summed E-state index contributed by atoms with van der Waals surface area (Å²) in [5, 5.41) is 18.6. The Morgan fingerprint density at radius 3 is 2.71 bits per heavy atom. The van der Waals surface area contributed by atoms with E-state index in [1.54, 1.807) is 0 Å². The van der Waals surface area contributed by atoms with Gasteiger partial charge in [0.25, 0.3) is 5.91 Å². The third-order valence-corrected chi connectivity index (χ3v) is 6.46. The van der Waals surface area contributed by atoms with Crippen LogP contribution in [-0.2, 0) is 16.0 Å². The topological polar surface area (TPSA) is 103 Å². The van der Waals surface area contributed by atoms with E-state index < -0.39 is 6.04 Å². The fourth-order valence-corrected chi connectivity index (χ4v) is 4.86. The molecule has 2 bridgehead atoms. The Balaban J connectivity index is 1.23. The lowest BCUT2D eigenvalue weighted by molar-refractivity contribution is -0.124. The Morgan fingerprint density at radius 2 is 2.00 bits per heavy atom. The molecule has 2 aliphatic heterocycles. The zero-order valence-corrected chi connectivity index (χ0v) is 17.1. The van der Waals surface area contributed by atoms with Crippen LogP contribution in [0.4, 0.5) is 5.69 Å². The van der Waals surface area contributed by atoms with E-state index in [0.717, 1.165) is 36.0 Å². The van der Waals surface area contributed by atoms with Crippen molar-refractivity contribution >= 4 is 17.5 Å². The van der Waals surface area contributed by atoms with Crippen LogP contribution in [0.1, 0.15) is 24.8 Å². The lowest BCUT2D eigenvalue weighted by Gasteiger charge is -2.23. The number of hydrogen-bond donors (Lipinski definition) is 3. The summed E-state index contributed by atoms with van der Waals surface area (Å²) >= 11 is 0. The molecule has 3 aliphatic rings. The van der Waals surface area contributed by atoms with Gasteiger partial charge in [0.05, 0.1) is 17.8 Å². The molecule has 2 fully saturated rings. The van der Waals surface area contributed by atoms with Gasteiger partial charge in [-0.05, 0) is 54.0 Å². The molecule has 0 radical (unpaired) electrons. The van der Waals surface area contributed by atoms with Gasteiger partial charge in [0.2, 0.25) is 5.91 Å². The average Bonchev–Trinajstić information content (AvgIpc) is 3.42. The van der Waals surface area contributed by atoms with Crippen LogP contribution in [0.5, 0.6) is 5.75 Å². The van der Waals surface area contributed by atoms with Gasteiger partial charge in [-0.1, -0.05) is 30.3 Å². The van der Waals surface area contributed by atoms with Crippen molar-refractivity contribution in [2.75, 3.05) is 11.9 Å². The van der Waals surface area contributed by atoms with Crippen LogP contribution < -0.4 is 20.7 Å². The molecular formula is C24H24N4O3. The van der Waals surface area contributed by atoms with Crippen LogP contribution in [-0.4, -0.2) is 36.5 Å². The van der Waals surface area contributed by atoms with Gasteiger partial charge in [0, 0.05) is 12.5 Å². The molecule has 1 saturated carbocycles. The molecule has 7 nitrogen and oxygen atoms in total. The summed E-state index contributed by atoms with van der Waals surface area (Å²) < 4.78 is 5.49. The second kappa shape index (κ2) is 8.05. The fraction of sp³-hybridized carbons (Fsp3) is 0.375. The highest BCUT2D eigenvalue weighted by Crippen LogP contribution is 2.35. The van der Waals surface area contributed by atoms with Gasteiger partial charge in [-0.25, -0.2) is 0 Å². The molecule has 31 heavy (non-hydrogen) atoms. The first-order valence-electron chi connectivity index (χ1n) is 10.7. The van der Waals surface area contributed by atoms with E-state index in [4.69, 9.17) is 4.74 Å². The predicted octanol–water partition coefficient (Wildman–Crippen LogP) is 2.38. The molecule has 7 heteroatoms. The van der Waals surface area contributed by atoms with Gasteiger partial charge in [-0.2, -0.15) is 5.26 Å². The number of rotatable bonds is 5. The number of nitriles is 1. The standard InChI is InChI=1S/C24H24N4O3/c25-12-19(27-24(30)23-17-5-7-18(10-17)26-23)9-14-1-3-15(4-2-14)16-6-8-20-21(11-16)31-13-22(29)28-20/h1-4,6,8,11,17-19,23,26H,5,7,9-10,13H2,(H,27,30)(H,28,29). The summed E-state index contributed by atoms with van der Waals surface area (Å²) in [5.74, 6) is 0.844. The highest BCUT2D eigenvalue weighted by molar-refractivity contribution is 5.95. The summed E-state index contributed by atoms with van der Waals surface area (Å²) in [7, 11) is 0. The number of nitrogens with zero attached hydrogens (tertiary/aromatic N) is 1. The lowest BCUT2D eigenvalue weighted by Crippen LogP contribution is -2.50. The van der Waals surface area contributed by atoms with Gasteiger partial charge >= 0.3 is 0 Å². The maximum Gasteiger partial charge on any atom is 0.262 e. The molecule has 5 rings (SSSR count). The third-order valence-electron chi connectivity index (χ3n) is 6.46. The Hall–Kier alpha value is -3.37. The zero-order chi connectivity index (χ0) is 21.4. The Labute approximate surface area is 180 Å². The van der Waals surface area contributed by atoms with Crippen LogP contribution >= 0.6 is 0 Å². The van der Waals surface area contributed by atoms with Crippen LogP contribution in [0.3, 0.4) is 0 Å². The number of nitrogens with one attached hydrogen (secondary N) is 3. The van der Waals surface area contributed by atoms with E-state index in [1.165, 1.54) is 0 Å². The van der Waals surface area contributed by atoms with E-state index in [1.807, 2.05) is 42.5 Å². The van der Waals surface area contributed by atoms with E-state index >= 15 is 0 Å². The van der Waals surface area contributed by atoms with Crippen LogP contribution in [0, 0.1) is 17.2 Å². The molecule has 4 atom stereocenters. The molecule has 158 valence electrons.